The second-order valence-electron chi connectivity index (χ2n) is 4.48. The Morgan fingerprint density at radius 3 is 2.88 bits per heavy atom. The van der Waals surface area contributed by atoms with Crippen LogP contribution in [-0.2, 0) is 13.8 Å². The van der Waals surface area contributed by atoms with Crippen LogP contribution in [0.2, 0.25) is 0 Å². The monoisotopic (exact) mass is 385 g/mol. The van der Waals surface area contributed by atoms with Crippen molar-refractivity contribution in [3.8, 4) is 12.3 Å². The molecule has 1 fully saturated rings. The van der Waals surface area contributed by atoms with Crippen molar-refractivity contribution >= 4 is 20.0 Å². The molecule has 1 aromatic heterocycles. The Bertz CT molecular complexity index is 976. The Labute approximate surface area is 142 Å². The zero-order valence-corrected chi connectivity index (χ0v) is 13.1. The molecule has 10 nitrogen and oxygen atoms in total. The van der Waals surface area contributed by atoms with Gasteiger partial charge >= 0.3 is 13.5 Å². The minimum absolute atomic E-state index is 0.188. The molecular weight excluding hydrogens is 370 g/mol. The van der Waals surface area contributed by atoms with E-state index in [1.807, 2.05) is 10.9 Å². The van der Waals surface area contributed by atoms with E-state index in [4.69, 9.17) is 32.5 Å². The number of aliphatic hydroxyl groups is 2. The van der Waals surface area contributed by atoms with Crippen LogP contribution in [0.15, 0.2) is 11.0 Å². The summed E-state index contributed by atoms with van der Waals surface area (Å²) in [5.41, 5.74) is -1.42. The molecule has 0 amide bonds. The molecule has 0 saturated carbocycles. The molecule has 2 rings (SSSR count). The Morgan fingerprint density at radius 2 is 2.33 bits per heavy atom. The van der Waals surface area contributed by atoms with E-state index in [9.17, 15) is 19.6 Å². The van der Waals surface area contributed by atoms with Crippen molar-refractivity contribution in [1.29, 1.82) is 0 Å². The molecule has 1 saturated heterocycles. The smallest absolute Gasteiger partial charge is 0.385 e. The fraction of sp³-hybridized carbons (Fsp3) is 0.455. The van der Waals surface area contributed by atoms with Crippen molar-refractivity contribution in [2.75, 3.05) is 6.56 Å². The summed E-state index contributed by atoms with van der Waals surface area (Å²) in [7, 11) is -5.64. The summed E-state index contributed by atoms with van der Waals surface area (Å²) in [5, 5.41) is 19.9. The second-order valence-corrected chi connectivity index (χ2v) is 6.05. The molecule has 5 N–H and O–H groups in total. The Hall–Kier alpha value is -1.42. The van der Waals surface area contributed by atoms with Crippen molar-refractivity contribution in [1.82, 2.24) is 9.55 Å². The Kier molecular flexibility index (Phi) is 4.01. The highest BCUT2D eigenvalue weighted by Crippen LogP contribution is 2.43. The molecule has 132 valence electrons. The average molecular weight is 385 g/mol. The predicted molar refractivity (Wildman–Crippen MR) is 77.8 cm³/mol. The molecular formula is C11H12FN2O8PS. The summed E-state index contributed by atoms with van der Waals surface area (Å²) < 4.78 is 56.8. The number of aliphatic hydroxyl groups excluding tert-OH is 2. The number of hydrogen-bond donors (Lipinski definition) is 5. The number of alkyl halides is 1. The third-order valence-corrected chi connectivity index (χ3v) is 3.48. The van der Waals surface area contributed by atoms with E-state index in [-0.39, 0.29) is 14.8 Å². The largest absolute Gasteiger partial charge is 0.469 e. The number of nitrogens with one attached hydrogen (secondary N) is 1. The quantitative estimate of drug-likeness (QED) is 0.247. The lowest BCUT2D eigenvalue weighted by atomic mass is 10.1. The minimum Gasteiger partial charge on any atom is -0.385 e. The molecule has 0 unspecified atom stereocenters. The molecule has 1 aliphatic rings. The van der Waals surface area contributed by atoms with Gasteiger partial charge in [-0.3, -0.25) is 14.1 Å². The van der Waals surface area contributed by atoms with E-state index in [1.165, 1.54) is 0 Å². The first kappa shape index (κ1) is 14.9. The van der Waals surface area contributed by atoms with Gasteiger partial charge in [0.25, 0.3) is 5.85 Å². The first-order valence-corrected chi connectivity index (χ1v) is 7.87. The standard InChI is InChI=1S/C11H12FN2O8PS/c1-2-5-3-14(10(17)13-8(5)24)9-6(15)7(16)11(12,22-9)4-21-23(18,19)20/h1,3,6-7,9,15-16H,4H2,(H,13,17,24)(H2,18,19,20)/t6-,7+,9-,11-/m1/s1/i4D2,9D. The third kappa shape index (κ3) is 3.64. The lowest BCUT2D eigenvalue weighted by Gasteiger charge is -2.22. The van der Waals surface area contributed by atoms with E-state index < -0.39 is 44.3 Å². The molecule has 0 spiro atoms. The molecule has 0 bridgehead atoms. The lowest BCUT2D eigenvalue weighted by molar-refractivity contribution is -0.205. The van der Waals surface area contributed by atoms with Crippen molar-refractivity contribution in [2.45, 2.75) is 24.3 Å². The zero-order valence-electron chi connectivity index (χ0n) is 14.4. The van der Waals surface area contributed by atoms with Gasteiger partial charge in [0.2, 0.25) is 0 Å². The summed E-state index contributed by atoms with van der Waals surface area (Å²) in [6.45, 7) is -4.05. The summed E-state index contributed by atoms with van der Waals surface area (Å²) >= 11 is 4.76. The zero-order chi connectivity index (χ0) is 21.0. The number of phosphoric acid groups is 1. The third-order valence-electron chi connectivity index (χ3n) is 2.82. The summed E-state index contributed by atoms with van der Waals surface area (Å²) in [6.07, 6.45) is -2.85. The second kappa shape index (κ2) is 6.47. The first-order chi connectivity index (χ1) is 12.1. The molecule has 0 aromatic carbocycles. The number of terminal acetylenes is 1. The highest BCUT2D eigenvalue weighted by atomic mass is 32.1. The van der Waals surface area contributed by atoms with Crippen molar-refractivity contribution in [3.05, 3.63) is 26.9 Å². The van der Waals surface area contributed by atoms with E-state index >= 15 is 4.39 Å². The van der Waals surface area contributed by atoms with Crippen LogP contribution >= 0.6 is 20.0 Å². The summed E-state index contributed by atoms with van der Waals surface area (Å²) in [4.78, 5) is 31.5. The number of nitrogens with zero attached hydrogens (tertiary/aromatic N) is 1. The molecule has 24 heavy (non-hydrogen) atoms. The topological polar surface area (TPSA) is 154 Å². The van der Waals surface area contributed by atoms with Crippen molar-refractivity contribution in [2.24, 2.45) is 0 Å². The van der Waals surface area contributed by atoms with Crippen LogP contribution in [0.5, 0.6) is 0 Å². The van der Waals surface area contributed by atoms with Gasteiger partial charge in [-0.1, -0.05) is 18.1 Å². The lowest BCUT2D eigenvalue weighted by Crippen LogP contribution is -2.42. The van der Waals surface area contributed by atoms with Gasteiger partial charge in [-0.25, -0.2) is 13.8 Å². The molecule has 13 heteroatoms. The summed E-state index contributed by atoms with van der Waals surface area (Å²) in [6, 6.07) is 0. The Morgan fingerprint density at radius 1 is 1.71 bits per heavy atom. The molecule has 0 aliphatic carbocycles. The highest BCUT2D eigenvalue weighted by molar-refractivity contribution is 7.71. The van der Waals surface area contributed by atoms with Crippen LogP contribution in [0, 0.1) is 17.0 Å². The molecule has 0 radical (unpaired) electrons. The van der Waals surface area contributed by atoms with Crippen LogP contribution in [0.3, 0.4) is 0 Å². The van der Waals surface area contributed by atoms with Crippen molar-refractivity contribution in [3.63, 3.8) is 0 Å². The number of ether oxygens (including phenoxy) is 1. The molecule has 2 heterocycles. The maximum Gasteiger partial charge on any atom is 0.469 e. The normalized spacial score (nSPS) is 35.8. The minimum atomic E-state index is -5.64. The Balaban J connectivity index is 2.63. The number of halogens is 1. The SMILES string of the molecule is [2H]C([2H])(OP(=O)(O)O)[C@@]1(F)O[C@@]([2H])(n2cc(C#C)c(=S)[nH]c2=O)[C@H](O)[C@@H]1O. The number of aromatic amines is 1. The number of H-pyrrole nitrogens is 1. The van der Waals surface area contributed by atoms with E-state index in [0.717, 1.165) is 6.20 Å². The van der Waals surface area contributed by atoms with Gasteiger partial charge in [0.1, 0.15) is 23.4 Å². The van der Waals surface area contributed by atoms with Crippen LogP contribution in [0.4, 0.5) is 4.39 Å². The van der Waals surface area contributed by atoms with E-state index in [0.29, 0.717) is 0 Å². The predicted octanol–water partition coefficient (Wildman–Crippen LogP) is -1.09. The van der Waals surface area contributed by atoms with Crippen molar-refractivity contribution < 1.29 is 42.3 Å². The van der Waals surface area contributed by atoms with Gasteiger partial charge in [0.05, 0.1) is 9.68 Å². The molecule has 1 aliphatic heterocycles. The van der Waals surface area contributed by atoms with Gasteiger partial charge < -0.3 is 24.7 Å². The maximum absolute atomic E-state index is 15.1. The van der Waals surface area contributed by atoms with Gasteiger partial charge in [-0.05, 0) is 0 Å². The number of phosphoric ester groups is 1. The first-order valence-electron chi connectivity index (χ1n) is 7.43. The van der Waals surface area contributed by atoms with Crippen LogP contribution in [-0.4, -0.2) is 54.2 Å². The van der Waals surface area contributed by atoms with Crippen LogP contribution in [0.1, 0.15) is 15.9 Å². The van der Waals surface area contributed by atoms with Gasteiger partial charge in [-0.15, -0.1) is 6.42 Å². The fourth-order valence-electron chi connectivity index (χ4n) is 1.74. The highest BCUT2D eigenvalue weighted by Gasteiger charge is 2.57. The van der Waals surface area contributed by atoms with Crippen LogP contribution < -0.4 is 5.69 Å². The fourth-order valence-corrected chi connectivity index (χ4v) is 2.19. The van der Waals surface area contributed by atoms with Crippen LogP contribution in [0.25, 0.3) is 0 Å². The number of hydrogen-bond acceptors (Lipinski definition) is 7. The maximum atomic E-state index is 15.1. The van der Waals surface area contributed by atoms with Gasteiger partial charge in [0.15, 0.2) is 6.20 Å². The van der Waals surface area contributed by atoms with Gasteiger partial charge in [0, 0.05) is 6.20 Å². The number of rotatable bonds is 4. The summed E-state index contributed by atoms with van der Waals surface area (Å²) in [5.74, 6) is -2.13. The number of aromatic nitrogens is 2. The van der Waals surface area contributed by atoms with E-state index in [1.54, 1.807) is 0 Å². The molecule has 4 atom stereocenters. The average Bonchev–Trinajstić information content (AvgIpc) is 2.68. The van der Waals surface area contributed by atoms with E-state index in [2.05, 4.69) is 9.26 Å². The molecule has 1 aromatic rings. The van der Waals surface area contributed by atoms with Gasteiger partial charge in [-0.2, -0.15) is 0 Å².